The van der Waals surface area contributed by atoms with Crippen LogP contribution < -0.4 is 10.6 Å². The molecule has 0 spiro atoms. The summed E-state index contributed by atoms with van der Waals surface area (Å²) in [5, 5.41) is 0. The van der Waals surface area contributed by atoms with Gasteiger partial charge in [-0.25, -0.2) is 4.98 Å². The molecular weight excluding hydrogens is 246 g/mol. The fraction of sp³-hybridized carbons (Fsp3) is 0.462. The van der Waals surface area contributed by atoms with Gasteiger partial charge in [0.2, 0.25) is 5.91 Å². The van der Waals surface area contributed by atoms with Gasteiger partial charge in [0.15, 0.2) is 0 Å². The van der Waals surface area contributed by atoms with Gasteiger partial charge in [-0.3, -0.25) is 9.59 Å². The maximum Gasteiger partial charge on any atom is 0.308 e. The number of pyridine rings is 1. The maximum absolute atomic E-state index is 11.4. The first-order valence-electron chi connectivity index (χ1n) is 6.20. The molecule has 1 fully saturated rings. The van der Waals surface area contributed by atoms with Crippen LogP contribution in [0.5, 0.6) is 0 Å². The Morgan fingerprint density at radius 1 is 1.37 bits per heavy atom. The summed E-state index contributed by atoms with van der Waals surface area (Å²) in [6.45, 7) is 1.51. The van der Waals surface area contributed by atoms with Gasteiger partial charge < -0.3 is 15.4 Å². The smallest absolute Gasteiger partial charge is 0.308 e. The molecule has 0 saturated carbocycles. The summed E-state index contributed by atoms with van der Waals surface area (Å²) >= 11 is 0. The highest BCUT2D eigenvalue weighted by molar-refractivity contribution is 5.92. The Labute approximate surface area is 111 Å². The molecule has 2 heterocycles. The number of amides is 1. The van der Waals surface area contributed by atoms with Crippen molar-refractivity contribution in [1.29, 1.82) is 0 Å². The Balaban J connectivity index is 1.97. The predicted octanol–water partition coefficient (Wildman–Crippen LogP) is 0.570. The van der Waals surface area contributed by atoms with Gasteiger partial charge in [-0.05, 0) is 25.0 Å². The van der Waals surface area contributed by atoms with Crippen molar-refractivity contribution in [3.05, 3.63) is 23.9 Å². The third kappa shape index (κ3) is 3.01. The number of aromatic nitrogens is 1. The fourth-order valence-corrected chi connectivity index (χ4v) is 2.23. The number of nitrogens with two attached hydrogens (primary N) is 1. The monoisotopic (exact) mass is 263 g/mol. The van der Waals surface area contributed by atoms with Crippen LogP contribution in [0.15, 0.2) is 18.3 Å². The van der Waals surface area contributed by atoms with E-state index in [0.29, 0.717) is 5.56 Å². The van der Waals surface area contributed by atoms with Crippen LogP contribution in [0.3, 0.4) is 0 Å². The Morgan fingerprint density at radius 3 is 2.53 bits per heavy atom. The zero-order valence-corrected chi connectivity index (χ0v) is 10.8. The number of carbonyl (C=O) groups excluding carboxylic acids is 2. The van der Waals surface area contributed by atoms with Gasteiger partial charge in [0, 0.05) is 19.3 Å². The van der Waals surface area contributed by atoms with Crippen LogP contribution in [0.25, 0.3) is 0 Å². The van der Waals surface area contributed by atoms with E-state index in [0.717, 1.165) is 31.7 Å². The molecule has 1 aromatic rings. The van der Waals surface area contributed by atoms with Crippen LogP contribution >= 0.6 is 0 Å². The van der Waals surface area contributed by atoms with Gasteiger partial charge >= 0.3 is 5.97 Å². The molecular formula is C13H17N3O3. The molecule has 2 rings (SSSR count). The lowest BCUT2D eigenvalue weighted by molar-refractivity contribution is -0.146. The molecule has 2 N–H and O–H groups in total. The summed E-state index contributed by atoms with van der Waals surface area (Å²) in [7, 11) is 1.42. The van der Waals surface area contributed by atoms with Crippen molar-refractivity contribution in [2.45, 2.75) is 12.8 Å². The number of methoxy groups -OCH3 is 1. The summed E-state index contributed by atoms with van der Waals surface area (Å²) in [5.41, 5.74) is 5.56. The lowest BCUT2D eigenvalue weighted by atomic mass is 9.97. The largest absolute Gasteiger partial charge is 0.469 e. The molecule has 6 nitrogen and oxygen atoms in total. The van der Waals surface area contributed by atoms with Gasteiger partial charge in [-0.1, -0.05) is 0 Å². The van der Waals surface area contributed by atoms with E-state index in [4.69, 9.17) is 10.5 Å². The van der Waals surface area contributed by atoms with E-state index in [2.05, 4.69) is 9.88 Å². The first-order valence-corrected chi connectivity index (χ1v) is 6.20. The van der Waals surface area contributed by atoms with Crippen LogP contribution in [0.1, 0.15) is 23.2 Å². The number of primary amides is 1. The number of hydrogen-bond acceptors (Lipinski definition) is 5. The Bertz CT molecular complexity index is 465. The molecule has 1 aromatic heterocycles. The molecule has 1 aliphatic rings. The van der Waals surface area contributed by atoms with Crippen molar-refractivity contribution >= 4 is 17.7 Å². The van der Waals surface area contributed by atoms with E-state index < -0.39 is 5.91 Å². The van der Waals surface area contributed by atoms with Gasteiger partial charge in [0.1, 0.15) is 5.82 Å². The number of esters is 1. The molecule has 6 heteroatoms. The predicted molar refractivity (Wildman–Crippen MR) is 69.7 cm³/mol. The van der Waals surface area contributed by atoms with Crippen molar-refractivity contribution in [3.63, 3.8) is 0 Å². The number of piperidine rings is 1. The topological polar surface area (TPSA) is 85.5 Å². The lowest BCUT2D eigenvalue weighted by Gasteiger charge is -2.31. The van der Waals surface area contributed by atoms with Crippen LogP contribution in [0.2, 0.25) is 0 Å². The second-order valence-corrected chi connectivity index (χ2v) is 4.55. The third-order valence-corrected chi connectivity index (χ3v) is 3.39. The van der Waals surface area contributed by atoms with E-state index in [-0.39, 0.29) is 11.9 Å². The van der Waals surface area contributed by atoms with Crippen LogP contribution in [-0.4, -0.2) is 37.1 Å². The number of nitrogens with zero attached hydrogens (tertiary/aromatic N) is 2. The van der Waals surface area contributed by atoms with Crippen molar-refractivity contribution in [3.8, 4) is 0 Å². The highest BCUT2D eigenvalue weighted by Gasteiger charge is 2.26. The quantitative estimate of drug-likeness (QED) is 0.806. The van der Waals surface area contributed by atoms with Crippen molar-refractivity contribution < 1.29 is 14.3 Å². The summed E-state index contributed by atoms with van der Waals surface area (Å²) in [6.07, 6.45) is 2.99. The van der Waals surface area contributed by atoms with Crippen molar-refractivity contribution in [1.82, 2.24) is 4.98 Å². The minimum absolute atomic E-state index is 0.0221. The number of rotatable bonds is 3. The average molecular weight is 263 g/mol. The normalized spacial score (nSPS) is 16.2. The molecule has 0 unspecified atom stereocenters. The molecule has 1 aliphatic heterocycles. The fourth-order valence-electron chi connectivity index (χ4n) is 2.23. The number of ether oxygens (including phenoxy) is 1. The molecule has 102 valence electrons. The lowest BCUT2D eigenvalue weighted by Crippen LogP contribution is -2.37. The molecule has 1 saturated heterocycles. The second kappa shape index (κ2) is 5.69. The molecule has 19 heavy (non-hydrogen) atoms. The van der Waals surface area contributed by atoms with Crippen LogP contribution in [0, 0.1) is 5.92 Å². The first kappa shape index (κ1) is 13.3. The highest BCUT2D eigenvalue weighted by Crippen LogP contribution is 2.22. The zero-order chi connectivity index (χ0) is 13.8. The van der Waals surface area contributed by atoms with E-state index in [9.17, 15) is 9.59 Å². The second-order valence-electron chi connectivity index (χ2n) is 4.55. The van der Waals surface area contributed by atoms with Gasteiger partial charge in [0.05, 0.1) is 18.6 Å². The van der Waals surface area contributed by atoms with Crippen LogP contribution in [-0.2, 0) is 9.53 Å². The minimum Gasteiger partial charge on any atom is -0.469 e. The highest BCUT2D eigenvalue weighted by atomic mass is 16.5. The summed E-state index contributed by atoms with van der Waals surface area (Å²) in [4.78, 5) is 28.7. The Hall–Kier alpha value is -2.11. The zero-order valence-electron chi connectivity index (χ0n) is 10.8. The summed E-state index contributed by atoms with van der Waals surface area (Å²) in [5.74, 6) is 0.152. The van der Waals surface area contributed by atoms with Crippen LogP contribution in [0.4, 0.5) is 5.82 Å². The molecule has 0 radical (unpaired) electrons. The van der Waals surface area contributed by atoms with Gasteiger partial charge in [0.25, 0.3) is 0 Å². The maximum atomic E-state index is 11.4. The third-order valence-electron chi connectivity index (χ3n) is 3.39. The molecule has 0 atom stereocenters. The molecule has 0 bridgehead atoms. The molecule has 0 aliphatic carbocycles. The Kier molecular flexibility index (Phi) is 3.99. The van der Waals surface area contributed by atoms with Gasteiger partial charge in [-0.15, -0.1) is 0 Å². The Morgan fingerprint density at radius 2 is 2.05 bits per heavy atom. The van der Waals surface area contributed by atoms with Gasteiger partial charge in [-0.2, -0.15) is 0 Å². The molecule has 1 amide bonds. The van der Waals surface area contributed by atoms with E-state index in [1.54, 1.807) is 12.1 Å². The molecule has 0 aromatic carbocycles. The van der Waals surface area contributed by atoms with E-state index >= 15 is 0 Å². The minimum atomic E-state index is -0.483. The summed E-state index contributed by atoms with van der Waals surface area (Å²) < 4.78 is 4.75. The average Bonchev–Trinajstić information content (AvgIpc) is 2.46. The van der Waals surface area contributed by atoms with Crippen molar-refractivity contribution in [2.24, 2.45) is 11.7 Å². The summed E-state index contributed by atoms with van der Waals surface area (Å²) in [6, 6.07) is 3.44. The SMILES string of the molecule is COC(=O)C1CCN(c2ccc(C(N)=O)cn2)CC1. The number of carbonyl (C=O) groups is 2. The number of anilines is 1. The van der Waals surface area contributed by atoms with Crippen molar-refractivity contribution in [2.75, 3.05) is 25.1 Å². The standard InChI is InChI=1S/C13H17N3O3/c1-19-13(18)9-4-6-16(7-5-9)11-3-2-10(8-15-11)12(14)17/h2-3,8-9H,4-7H2,1H3,(H2,14,17). The first-order chi connectivity index (χ1) is 9.11. The van der Waals surface area contributed by atoms with E-state index in [1.165, 1.54) is 13.3 Å². The number of hydrogen-bond donors (Lipinski definition) is 1. The van der Waals surface area contributed by atoms with E-state index in [1.807, 2.05) is 0 Å².